The molecule has 2 heterocycles. The van der Waals surface area contributed by atoms with Crippen LogP contribution < -0.4 is 5.32 Å². The number of rotatable bonds is 4. The molecule has 7 heteroatoms. The van der Waals surface area contributed by atoms with Crippen molar-refractivity contribution in [2.24, 2.45) is 0 Å². The summed E-state index contributed by atoms with van der Waals surface area (Å²) in [7, 11) is 0. The van der Waals surface area contributed by atoms with Gasteiger partial charge in [0, 0.05) is 22.8 Å². The number of aromatic nitrogens is 5. The lowest BCUT2D eigenvalue weighted by Gasteiger charge is -2.07. The molecule has 0 atom stereocenters. The third-order valence-electron chi connectivity index (χ3n) is 3.77. The largest absolute Gasteiger partial charge is 0.361 e. The van der Waals surface area contributed by atoms with Crippen LogP contribution in [0.2, 0.25) is 0 Å². The molecule has 0 bridgehead atoms. The van der Waals surface area contributed by atoms with Crippen LogP contribution in [0.4, 0.5) is 5.69 Å². The van der Waals surface area contributed by atoms with Crippen molar-refractivity contribution in [3.05, 3.63) is 66.6 Å². The van der Waals surface area contributed by atoms with Crippen molar-refractivity contribution in [3.63, 3.8) is 0 Å². The zero-order valence-corrected chi connectivity index (χ0v) is 12.7. The summed E-state index contributed by atoms with van der Waals surface area (Å²) >= 11 is 0. The number of carbonyl (C=O) groups excluding carboxylic acids is 1. The summed E-state index contributed by atoms with van der Waals surface area (Å²) in [6, 6.07) is 15.3. The van der Waals surface area contributed by atoms with Crippen LogP contribution in [0.5, 0.6) is 0 Å². The summed E-state index contributed by atoms with van der Waals surface area (Å²) in [4.78, 5) is 15.5. The van der Waals surface area contributed by atoms with Gasteiger partial charge < -0.3 is 10.3 Å². The highest BCUT2D eigenvalue weighted by atomic mass is 16.1. The molecular formula is C17H14N6O. The van der Waals surface area contributed by atoms with Crippen molar-refractivity contribution < 1.29 is 4.79 Å². The van der Waals surface area contributed by atoms with Crippen LogP contribution in [0.1, 0.15) is 5.56 Å². The van der Waals surface area contributed by atoms with Crippen molar-refractivity contribution in [1.82, 2.24) is 25.2 Å². The van der Waals surface area contributed by atoms with Crippen LogP contribution in [-0.4, -0.2) is 31.1 Å². The molecule has 7 nitrogen and oxygen atoms in total. The second-order valence-corrected chi connectivity index (χ2v) is 5.39. The first-order chi connectivity index (χ1) is 11.8. The van der Waals surface area contributed by atoms with E-state index < -0.39 is 0 Å². The van der Waals surface area contributed by atoms with E-state index >= 15 is 0 Å². The Morgan fingerprint density at radius 2 is 2.08 bits per heavy atom. The van der Waals surface area contributed by atoms with E-state index in [1.807, 2.05) is 54.7 Å². The van der Waals surface area contributed by atoms with Gasteiger partial charge in [0.2, 0.25) is 5.91 Å². The summed E-state index contributed by atoms with van der Waals surface area (Å²) in [5.41, 5.74) is 3.48. The van der Waals surface area contributed by atoms with Crippen LogP contribution in [0.15, 0.2) is 61.1 Å². The quantitative estimate of drug-likeness (QED) is 0.604. The highest BCUT2D eigenvalue weighted by Crippen LogP contribution is 2.19. The minimum Gasteiger partial charge on any atom is -0.361 e. The zero-order chi connectivity index (χ0) is 16.4. The van der Waals surface area contributed by atoms with Crippen LogP contribution in [-0.2, 0) is 11.2 Å². The summed E-state index contributed by atoms with van der Waals surface area (Å²) in [6.07, 6.45) is 3.69. The Hall–Kier alpha value is -3.48. The molecule has 0 spiro atoms. The van der Waals surface area contributed by atoms with Crippen molar-refractivity contribution in [1.29, 1.82) is 0 Å². The van der Waals surface area contributed by atoms with E-state index in [2.05, 4.69) is 25.8 Å². The second kappa shape index (κ2) is 5.96. The van der Waals surface area contributed by atoms with Gasteiger partial charge >= 0.3 is 0 Å². The molecule has 2 N–H and O–H groups in total. The second-order valence-electron chi connectivity index (χ2n) is 5.39. The topological polar surface area (TPSA) is 88.5 Å². The molecule has 0 unspecified atom stereocenters. The summed E-state index contributed by atoms with van der Waals surface area (Å²) in [5.74, 6) is -0.0754. The number of para-hydroxylation sites is 1. The maximum atomic E-state index is 12.3. The molecule has 2 aromatic heterocycles. The molecule has 0 aliphatic carbocycles. The third-order valence-corrected chi connectivity index (χ3v) is 3.77. The molecular weight excluding hydrogens is 304 g/mol. The van der Waals surface area contributed by atoms with Gasteiger partial charge in [-0.25, -0.2) is 4.68 Å². The van der Waals surface area contributed by atoms with Crippen molar-refractivity contribution in [2.75, 3.05) is 5.32 Å². The predicted molar refractivity (Wildman–Crippen MR) is 89.8 cm³/mol. The highest BCUT2D eigenvalue weighted by molar-refractivity contribution is 5.95. The van der Waals surface area contributed by atoms with Gasteiger partial charge in [-0.3, -0.25) is 4.79 Å². The Morgan fingerprint density at radius 3 is 2.96 bits per heavy atom. The summed E-state index contributed by atoms with van der Waals surface area (Å²) < 4.78 is 1.54. The van der Waals surface area contributed by atoms with E-state index in [1.54, 1.807) is 0 Å². The number of tetrazole rings is 1. The minimum absolute atomic E-state index is 0.0754. The Bertz CT molecular complexity index is 989. The fraction of sp³-hybridized carbons (Fsp3) is 0.0588. The molecule has 0 aliphatic rings. The molecule has 0 fully saturated rings. The van der Waals surface area contributed by atoms with E-state index in [0.29, 0.717) is 12.1 Å². The van der Waals surface area contributed by atoms with Crippen molar-refractivity contribution >= 4 is 22.5 Å². The Balaban J connectivity index is 1.51. The lowest BCUT2D eigenvalue weighted by atomic mass is 10.1. The monoisotopic (exact) mass is 318 g/mol. The highest BCUT2D eigenvalue weighted by Gasteiger charge is 2.09. The van der Waals surface area contributed by atoms with Gasteiger partial charge in [-0.15, -0.1) is 5.10 Å². The summed E-state index contributed by atoms with van der Waals surface area (Å²) in [5, 5.41) is 15.0. The number of fused-ring (bicyclic) bond motifs is 1. The van der Waals surface area contributed by atoms with Gasteiger partial charge in [0.05, 0.1) is 12.1 Å². The van der Waals surface area contributed by atoms with Gasteiger partial charge in [0.25, 0.3) is 0 Å². The maximum Gasteiger partial charge on any atom is 0.228 e. The predicted octanol–water partition coefficient (Wildman–Crippen LogP) is 2.32. The number of hydrogen-bond acceptors (Lipinski definition) is 4. The Kier molecular flexibility index (Phi) is 3.51. The average molecular weight is 318 g/mol. The molecule has 4 rings (SSSR count). The third kappa shape index (κ3) is 2.74. The average Bonchev–Trinajstić information content (AvgIpc) is 3.26. The number of carbonyl (C=O) groups is 1. The fourth-order valence-electron chi connectivity index (χ4n) is 2.66. The molecule has 24 heavy (non-hydrogen) atoms. The van der Waals surface area contributed by atoms with E-state index in [4.69, 9.17) is 0 Å². The van der Waals surface area contributed by atoms with Gasteiger partial charge in [-0.1, -0.05) is 24.3 Å². The standard InChI is InChI=1S/C17H14N6O/c24-17(8-12-10-18-16-7-2-1-6-15(12)16)20-13-4-3-5-14(9-13)23-11-19-21-22-23/h1-7,9-11,18H,8H2,(H,20,24). The van der Waals surface area contributed by atoms with Gasteiger partial charge in [0.1, 0.15) is 6.33 Å². The van der Waals surface area contributed by atoms with E-state index in [0.717, 1.165) is 22.2 Å². The number of nitrogens with zero attached hydrogens (tertiary/aromatic N) is 4. The van der Waals surface area contributed by atoms with Crippen LogP contribution in [0.25, 0.3) is 16.6 Å². The minimum atomic E-state index is -0.0754. The normalized spacial score (nSPS) is 10.8. The zero-order valence-electron chi connectivity index (χ0n) is 12.7. The molecule has 0 aliphatic heterocycles. The van der Waals surface area contributed by atoms with E-state index in [-0.39, 0.29) is 5.91 Å². The fourth-order valence-corrected chi connectivity index (χ4v) is 2.66. The molecule has 118 valence electrons. The Labute approximate surface area is 137 Å². The first kappa shape index (κ1) is 14.1. The molecule has 0 radical (unpaired) electrons. The number of hydrogen-bond donors (Lipinski definition) is 2. The van der Waals surface area contributed by atoms with Gasteiger partial charge in [-0.2, -0.15) is 0 Å². The molecule has 1 amide bonds. The first-order valence-corrected chi connectivity index (χ1v) is 7.48. The molecule has 2 aromatic carbocycles. The number of benzene rings is 2. The Morgan fingerprint density at radius 1 is 1.17 bits per heavy atom. The van der Waals surface area contributed by atoms with Crippen molar-refractivity contribution in [3.8, 4) is 5.69 Å². The van der Waals surface area contributed by atoms with Crippen molar-refractivity contribution in [2.45, 2.75) is 6.42 Å². The summed E-state index contributed by atoms with van der Waals surface area (Å²) in [6.45, 7) is 0. The van der Waals surface area contributed by atoms with Crippen LogP contribution >= 0.6 is 0 Å². The maximum absolute atomic E-state index is 12.3. The van der Waals surface area contributed by atoms with Gasteiger partial charge in [0.15, 0.2) is 0 Å². The van der Waals surface area contributed by atoms with E-state index in [1.165, 1.54) is 11.0 Å². The van der Waals surface area contributed by atoms with Crippen LogP contribution in [0.3, 0.4) is 0 Å². The lowest BCUT2D eigenvalue weighted by Crippen LogP contribution is -2.14. The van der Waals surface area contributed by atoms with E-state index in [9.17, 15) is 4.79 Å². The number of H-pyrrole nitrogens is 1. The number of nitrogens with one attached hydrogen (secondary N) is 2. The lowest BCUT2D eigenvalue weighted by molar-refractivity contribution is -0.115. The number of aromatic amines is 1. The smallest absolute Gasteiger partial charge is 0.228 e. The number of anilines is 1. The molecule has 0 saturated heterocycles. The van der Waals surface area contributed by atoms with Crippen LogP contribution in [0, 0.1) is 0 Å². The first-order valence-electron chi connectivity index (χ1n) is 7.48. The number of amides is 1. The molecule has 4 aromatic rings. The van der Waals surface area contributed by atoms with Gasteiger partial charge in [-0.05, 0) is 40.3 Å². The molecule has 0 saturated carbocycles. The SMILES string of the molecule is O=C(Cc1c[nH]c2ccccc12)Nc1cccc(-n2cnnn2)c1.